The molecule has 4 atom stereocenters. The minimum Gasteiger partial charge on any atom is -0.305 e. The Morgan fingerprint density at radius 3 is 1.41 bits per heavy atom. The Hall–Kier alpha value is -1.78. The van der Waals surface area contributed by atoms with Gasteiger partial charge in [0.05, 0.1) is 11.4 Å². The van der Waals surface area contributed by atoms with Crippen LogP contribution in [-0.2, 0) is 0 Å². The Labute approximate surface area is 133 Å². The van der Waals surface area contributed by atoms with Gasteiger partial charge in [0, 0.05) is 36.6 Å². The summed E-state index contributed by atoms with van der Waals surface area (Å²) in [5.74, 6) is 0. The van der Waals surface area contributed by atoms with Crippen molar-refractivity contribution in [2.24, 2.45) is 0 Å². The van der Waals surface area contributed by atoms with Crippen molar-refractivity contribution in [2.45, 2.75) is 51.9 Å². The number of nitrogens with zero attached hydrogens (tertiary/aromatic N) is 2. The maximum atomic E-state index is 4.41. The minimum atomic E-state index is 0.227. The van der Waals surface area contributed by atoms with Gasteiger partial charge in [-0.3, -0.25) is 9.97 Å². The first-order valence-corrected chi connectivity index (χ1v) is 7.92. The summed E-state index contributed by atoms with van der Waals surface area (Å²) in [5.41, 5.74) is 2.14. The van der Waals surface area contributed by atoms with Gasteiger partial charge in [-0.05, 0) is 52.0 Å². The predicted octanol–water partition coefficient (Wildman–Crippen LogP) is 3.26. The number of rotatable bonds is 7. The lowest BCUT2D eigenvalue weighted by Gasteiger charge is -2.28. The standard InChI is InChI=1S/C18H26N4/c1-13(21-15(3)17-9-5-7-11-19-17)14(2)22-16(4)18-10-6-8-12-20-18/h5-16,21-22H,1-4H3/t13-,14-,15-,16+/m1/s1. The zero-order valence-corrected chi connectivity index (χ0v) is 13.8. The first kappa shape index (κ1) is 16.6. The number of aromatic nitrogens is 2. The predicted molar refractivity (Wildman–Crippen MR) is 90.5 cm³/mol. The Kier molecular flexibility index (Phi) is 6.04. The molecule has 2 rings (SSSR count). The molecule has 0 fully saturated rings. The molecular weight excluding hydrogens is 272 g/mol. The lowest BCUT2D eigenvalue weighted by atomic mass is 10.1. The molecule has 2 heterocycles. The molecule has 4 heteroatoms. The van der Waals surface area contributed by atoms with Crippen LogP contribution in [0, 0.1) is 0 Å². The van der Waals surface area contributed by atoms with Crippen molar-refractivity contribution in [1.82, 2.24) is 20.6 Å². The molecule has 2 N–H and O–H groups in total. The van der Waals surface area contributed by atoms with Gasteiger partial charge < -0.3 is 10.6 Å². The Bertz CT molecular complexity index is 492. The monoisotopic (exact) mass is 298 g/mol. The Balaban J connectivity index is 1.88. The Morgan fingerprint density at radius 1 is 0.682 bits per heavy atom. The number of nitrogens with one attached hydrogen (secondary N) is 2. The van der Waals surface area contributed by atoms with E-state index in [0.717, 1.165) is 11.4 Å². The summed E-state index contributed by atoms with van der Waals surface area (Å²) >= 11 is 0. The highest BCUT2D eigenvalue weighted by Crippen LogP contribution is 2.13. The average Bonchev–Trinajstić information content (AvgIpc) is 2.56. The van der Waals surface area contributed by atoms with Crippen molar-refractivity contribution >= 4 is 0 Å². The lowest BCUT2D eigenvalue weighted by molar-refractivity contribution is 0.351. The van der Waals surface area contributed by atoms with Gasteiger partial charge in [0.25, 0.3) is 0 Å². The van der Waals surface area contributed by atoms with Crippen LogP contribution in [0.5, 0.6) is 0 Å². The largest absolute Gasteiger partial charge is 0.305 e. The van der Waals surface area contributed by atoms with E-state index in [0.29, 0.717) is 12.1 Å². The highest BCUT2D eigenvalue weighted by atomic mass is 15.1. The van der Waals surface area contributed by atoms with E-state index in [9.17, 15) is 0 Å². The number of pyridine rings is 2. The molecule has 0 saturated carbocycles. The molecule has 0 aliphatic carbocycles. The molecular formula is C18H26N4. The highest BCUT2D eigenvalue weighted by molar-refractivity contribution is 5.09. The molecule has 0 aromatic carbocycles. The molecule has 0 aliphatic rings. The zero-order chi connectivity index (χ0) is 15.9. The maximum absolute atomic E-state index is 4.41. The molecule has 2 aromatic rings. The first-order chi connectivity index (χ1) is 10.6. The third-order valence-corrected chi connectivity index (χ3v) is 4.04. The molecule has 2 aromatic heterocycles. The van der Waals surface area contributed by atoms with Crippen LogP contribution in [0.15, 0.2) is 48.8 Å². The van der Waals surface area contributed by atoms with Crippen LogP contribution in [0.4, 0.5) is 0 Å². The molecule has 118 valence electrons. The first-order valence-electron chi connectivity index (χ1n) is 7.92. The van der Waals surface area contributed by atoms with E-state index in [2.05, 4.69) is 60.4 Å². The van der Waals surface area contributed by atoms with Gasteiger partial charge >= 0.3 is 0 Å². The molecule has 22 heavy (non-hydrogen) atoms. The summed E-state index contributed by atoms with van der Waals surface area (Å²) in [6.07, 6.45) is 3.67. The van der Waals surface area contributed by atoms with Crippen molar-refractivity contribution in [1.29, 1.82) is 0 Å². The van der Waals surface area contributed by atoms with Crippen LogP contribution in [0.1, 0.15) is 51.2 Å². The summed E-state index contributed by atoms with van der Waals surface area (Å²) in [6.45, 7) is 8.69. The fourth-order valence-electron chi connectivity index (χ4n) is 2.51. The number of hydrogen-bond donors (Lipinski definition) is 2. The second-order valence-electron chi connectivity index (χ2n) is 5.86. The molecule has 4 nitrogen and oxygen atoms in total. The van der Waals surface area contributed by atoms with Crippen molar-refractivity contribution < 1.29 is 0 Å². The molecule has 0 saturated heterocycles. The zero-order valence-electron chi connectivity index (χ0n) is 13.8. The van der Waals surface area contributed by atoms with Gasteiger partial charge in [-0.2, -0.15) is 0 Å². The van der Waals surface area contributed by atoms with Crippen LogP contribution >= 0.6 is 0 Å². The van der Waals surface area contributed by atoms with Crippen LogP contribution in [0.2, 0.25) is 0 Å². The van der Waals surface area contributed by atoms with Crippen LogP contribution in [-0.4, -0.2) is 22.1 Å². The van der Waals surface area contributed by atoms with Crippen LogP contribution in [0.25, 0.3) is 0 Å². The molecule has 0 radical (unpaired) electrons. The van der Waals surface area contributed by atoms with Crippen molar-refractivity contribution in [3.05, 3.63) is 60.2 Å². The highest BCUT2D eigenvalue weighted by Gasteiger charge is 2.18. The van der Waals surface area contributed by atoms with Crippen molar-refractivity contribution in [3.8, 4) is 0 Å². The normalized spacial score (nSPS) is 16.7. The summed E-state index contributed by atoms with van der Waals surface area (Å²) < 4.78 is 0. The van der Waals surface area contributed by atoms with E-state index >= 15 is 0 Å². The van der Waals surface area contributed by atoms with Gasteiger partial charge in [-0.15, -0.1) is 0 Å². The molecule has 0 aliphatic heterocycles. The smallest absolute Gasteiger partial charge is 0.0570 e. The SMILES string of the molecule is C[C@H](N[C@H](C)[C@@H](C)N[C@H](C)c1ccccn1)c1ccccn1. The van der Waals surface area contributed by atoms with Crippen LogP contribution in [0.3, 0.4) is 0 Å². The molecule has 0 amide bonds. The second-order valence-corrected chi connectivity index (χ2v) is 5.86. The summed E-state index contributed by atoms with van der Waals surface area (Å²) in [5, 5.41) is 7.21. The maximum Gasteiger partial charge on any atom is 0.0570 e. The summed E-state index contributed by atoms with van der Waals surface area (Å²) in [4.78, 5) is 8.81. The third kappa shape index (κ3) is 4.61. The van der Waals surface area contributed by atoms with Gasteiger partial charge in [0.15, 0.2) is 0 Å². The third-order valence-electron chi connectivity index (χ3n) is 4.04. The van der Waals surface area contributed by atoms with Crippen molar-refractivity contribution in [3.63, 3.8) is 0 Å². The molecule has 0 bridgehead atoms. The van der Waals surface area contributed by atoms with E-state index in [1.165, 1.54) is 0 Å². The van der Waals surface area contributed by atoms with Gasteiger partial charge in [-0.1, -0.05) is 12.1 Å². The van der Waals surface area contributed by atoms with Gasteiger partial charge in [0.2, 0.25) is 0 Å². The number of hydrogen-bond acceptors (Lipinski definition) is 4. The van der Waals surface area contributed by atoms with Crippen molar-refractivity contribution in [2.75, 3.05) is 0 Å². The van der Waals surface area contributed by atoms with Gasteiger partial charge in [0.1, 0.15) is 0 Å². The fourth-order valence-corrected chi connectivity index (χ4v) is 2.51. The average molecular weight is 298 g/mol. The molecule has 0 spiro atoms. The second kappa shape index (κ2) is 8.01. The summed E-state index contributed by atoms with van der Waals surface area (Å²) in [7, 11) is 0. The van der Waals surface area contributed by atoms with E-state index < -0.39 is 0 Å². The minimum absolute atomic E-state index is 0.227. The quantitative estimate of drug-likeness (QED) is 0.824. The van der Waals surface area contributed by atoms with Crippen LogP contribution < -0.4 is 10.6 Å². The molecule has 0 unspecified atom stereocenters. The van der Waals surface area contributed by atoms with Gasteiger partial charge in [-0.25, -0.2) is 0 Å². The van der Waals surface area contributed by atoms with E-state index in [1.54, 1.807) is 0 Å². The Morgan fingerprint density at radius 2 is 1.09 bits per heavy atom. The lowest BCUT2D eigenvalue weighted by Crippen LogP contribution is -2.46. The van der Waals surface area contributed by atoms with E-state index in [4.69, 9.17) is 0 Å². The topological polar surface area (TPSA) is 49.8 Å². The fraction of sp³-hybridized carbons (Fsp3) is 0.444. The summed E-state index contributed by atoms with van der Waals surface area (Å²) in [6, 6.07) is 13.1. The van der Waals surface area contributed by atoms with E-state index in [-0.39, 0.29) is 12.1 Å². The van der Waals surface area contributed by atoms with E-state index in [1.807, 2.05) is 36.7 Å².